The van der Waals surface area contributed by atoms with Gasteiger partial charge in [0.2, 0.25) is 0 Å². The maximum absolute atomic E-state index is 11.4. The number of carbonyl (C=O) groups is 1. The molecule has 3 nitrogen and oxygen atoms in total. The molecule has 0 bridgehead atoms. The highest BCUT2D eigenvalue weighted by Gasteiger charge is 2.19. The van der Waals surface area contributed by atoms with Crippen LogP contribution in [0, 0.1) is 6.92 Å². The van der Waals surface area contributed by atoms with Crippen LogP contribution in [0.25, 0.3) is 0 Å². The minimum Gasteiger partial charge on any atom is -0.482 e. The van der Waals surface area contributed by atoms with Gasteiger partial charge in [-0.1, -0.05) is 28.1 Å². The highest BCUT2D eigenvalue weighted by atomic mass is 79.9. The standard InChI is InChI=1S/C16H13BrClNO2/c1-9-4-11(6-12(17)5-9)16(18)10-2-3-14-13(7-10)19-15(20)8-21-14/h2-7,16H,8H2,1H3,(H,19,20). The van der Waals surface area contributed by atoms with Gasteiger partial charge in [0.15, 0.2) is 6.61 Å². The summed E-state index contributed by atoms with van der Waals surface area (Å²) >= 11 is 10.1. The monoisotopic (exact) mass is 365 g/mol. The molecule has 0 aliphatic carbocycles. The number of rotatable bonds is 2. The number of fused-ring (bicyclic) bond motifs is 1. The summed E-state index contributed by atoms with van der Waals surface area (Å²) in [6.07, 6.45) is 0. The molecule has 1 unspecified atom stereocenters. The predicted molar refractivity (Wildman–Crippen MR) is 87.1 cm³/mol. The van der Waals surface area contributed by atoms with Crippen molar-refractivity contribution in [3.63, 3.8) is 0 Å². The number of alkyl halides is 1. The normalized spacial score (nSPS) is 14.9. The van der Waals surface area contributed by atoms with E-state index in [-0.39, 0.29) is 17.9 Å². The molecule has 1 amide bonds. The molecule has 1 aliphatic rings. The minimum absolute atomic E-state index is 0.0570. The Morgan fingerprint density at radius 2 is 2.05 bits per heavy atom. The van der Waals surface area contributed by atoms with Crippen molar-refractivity contribution in [3.05, 3.63) is 57.6 Å². The van der Waals surface area contributed by atoms with Crippen LogP contribution in [-0.2, 0) is 4.79 Å². The molecule has 5 heteroatoms. The van der Waals surface area contributed by atoms with Crippen molar-refractivity contribution in [2.75, 3.05) is 11.9 Å². The average Bonchev–Trinajstić information content (AvgIpc) is 2.44. The van der Waals surface area contributed by atoms with E-state index in [0.29, 0.717) is 11.4 Å². The molecule has 0 spiro atoms. The molecule has 108 valence electrons. The number of anilines is 1. The van der Waals surface area contributed by atoms with Crippen LogP contribution < -0.4 is 10.1 Å². The van der Waals surface area contributed by atoms with Crippen LogP contribution in [-0.4, -0.2) is 12.5 Å². The van der Waals surface area contributed by atoms with Gasteiger partial charge in [-0.15, -0.1) is 11.6 Å². The van der Waals surface area contributed by atoms with Gasteiger partial charge in [-0.05, 0) is 47.9 Å². The first kappa shape index (κ1) is 14.4. The van der Waals surface area contributed by atoms with E-state index in [9.17, 15) is 4.79 Å². The molecule has 2 aromatic carbocycles. The van der Waals surface area contributed by atoms with Crippen molar-refractivity contribution in [1.82, 2.24) is 0 Å². The Morgan fingerprint density at radius 3 is 2.81 bits per heavy atom. The maximum atomic E-state index is 11.4. The quantitative estimate of drug-likeness (QED) is 0.799. The lowest BCUT2D eigenvalue weighted by molar-refractivity contribution is -0.118. The van der Waals surface area contributed by atoms with E-state index in [0.717, 1.165) is 21.2 Å². The van der Waals surface area contributed by atoms with Crippen LogP contribution in [0.3, 0.4) is 0 Å². The Labute approximate surface area is 136 Å². The summed E-state index contributed by atoms with van der Waals surface area (Å²) in [7, 11) is 0. The van der Waals surface area contributed by atoms with Gasteiger partial charge >= 0.3 is 0 Å². The Morgan fingerprint density at radius 1 is 1.24 bits per heavy atom. The van der Waals surface area contributed by atoms with E-state index in [1.807, 2.05) is 37.3 Å². The molecule has 2 aromatic rings. The molecule has 0 fully saturated rings. The second kappa shape index (κ2) is 5.70. The van der Waals surface area contributed by atoms with Gasteiger partial charge < -0.3 is 10.1 Å². The first-order valence-electron chi connectivity index (χ1n) is 6.51. The van der Waals surface area contributed by atoms with Gasteiger partial charge in [0.25, 0.3) is 5.91 Å². The van der Waals surface area contributed by atoms with Crippen molar-refractivity contribution in [3.8, 4) is 5.75 Å². The molecule has 3 rings (SSSR count). The third-order valence-electron chi connectivity index (χ3n) is 3.29. The van der Waals surface area contributed by atoms with Gasteiger partial charge in [0.1, 0.15) is 5.75 Å². The molecule has 1 aliphatic heterocycles. The number of carbonyl (C=O) groups excluding carboxylic acids is 1. The minimum atomic E-state index is -0.287. The Kier molecular flexibility index (Phi) is 3.91. The van der Waals surface area contributed by atoms with Crippen LogP contribution in [0.4, 0.5) is 5.69 Å². The van der Waals surface area contributed by atoms with Gasteiger partial charge in [-0.2, -0.15) is 0 Å². The number of hydrogen-bond donors (Lipinski definition) is 1. The van der Waals surface area contributed by atoms with Crippen LogP contribution >= 0.6 is 27.5 Å². The lowest BCUT2D eigenvalue weighted by Crippen LogP contribution is -2.25. The molecular weight excluding hydrogens is 354 g/mol. The molecule has 1 heterocycles. The van der Waals surface area contributed by atoms with E-state index >= 15 is 0 Å². The van der Waals surface area contributed by atoms with E-state index in [2.05, 4.69) is 27.3 Å². The molecule has 0 saturated carbocycles. The molecule has 1 N–H and O–H groups in total. The highest BCUT2D eigenvalue weighted by molar-refractivity contribution is 9.10. The number of halogens is 2. The molecular formula is C16H13BrClNO2. The van der Waals surface area contributed by atoms with E-state index < -0.39 is 0 Å². The number of hydrogen-bond acceptors (Lipinski definition) is 2. The number of nitrogens with one attached hydrogen (secondary N) is 1. The van der Waals surface area contributed by atoms with Crippen LogP contribution in [0.5, 0.6) is 5.75 Å². The fraction of sp³-hybridized carbons (Fsp3) is 0.188. The third kappa shape index (κ3) is 3.06. The van der Waals surface area contributed by atoms with E-state index in [1.54, 1.807) is 0 Å². The summed E-state index contributed by atoms with van der Waals surface area (Å²) in [5, 5.41) is 2.51. The number of amides is 1. The lowest BCUT2D eigenvalue weighted by Gasteiger charge is -2.20. The van der Waals surface area contributed by atoms with Crippen LogP contribution in [0.15, 0.2) is 40.9 Å². The first-order valence-corrected chi connectivity index (χ1v) is 7.73. The fourth-order valence-electron chi connectivity index (χ4n) is 2.36. The summed E-state index contributed by atoms with van der Waals surface area (Å²) in [5.74, 6) is 0.525. The van der Waals surface area contributed by atoms with Gasteiger partial charge in [0, 0.05) is 4.47 Å². The Bertz CT molecular complexity index is 697. The van der Waals surface area contributed by atoms with Crippen molar-refractivity contribution in [2.24, 2.45) is 0 Å². The molecule has 21 heavy (non-hydrogen) atoms. The van der Waals surface area contributed by atoms with Crippen molar-refractivity contribution in [1.29, 1.82) is 0 Å². The van der Waals surface area contributed by atoms with Gasteiger partial charge in [0.05, 0.1) is 11.1 Å². The number of aryl methyl sites for hydroxylation is 1. The van der Waals surface area contributed by atoms with E-state index in [1.165, 1.54) is 0 Å². The van der Waals surface area contributed by atoms with Crippen molar-refractivity contribution in [2.45, 2.75) is 12.3 Å². The first-order chi connectivity index (χ1) is 10.0. The van der Waals surface area contributed by atoms with Crippen molar-refractivity contribution < 1.29 is 9.53 Å². The molecule has 0 saturated heterocycles. The zero-order valence-electron chi connectivity index (χ0n) is 11.3. The second-order valence-corrected chi connectivity index (χ2v) is 6.37. The summed E-state index contributed by atoms with van der Waals surface area (Å²) in [5.41, 5.74) is 3.73. The zero-order valence-corrected chi connectivity index (χ0v) is 13.7. The highest BCUT2D eigenvalue weighted by Crippen LogP contribution is 2.36. The SMILES string of the molecule is Cc1cc(Br)cc(C(Cl)c2ccc3c(c2)NC(=O)CO3)c1. The Hall–Kier alpha value is -1.52. The van der Waals surface area contributed by atoms with Gasteiger partial charge in [-0.25, -0.2) is 0 Å². The van der Waals surface area contributed by atoms with Crippen molar-refractivity contribution >= 4 is 39.1 Å². The summed E-state index contributed by atoms with van der Waals surface area (Å²) in [4.78, 5) is 11.4. The van der Waals surface area contributed by atoms with Crippen LogP contribution in [0.2, 0.25) is 0 Å². The topological polar surface area (TPSA) is 38.3 Å². The average molecular weight is 367 g/mol. The van der Waals surface area contributed by atoms with E-state index in [4.69, 9.17) is 16.3 Å². The molecule has 0 radical (unpaired) electrons. The fourth-order valence-corrected chi connectivity index (χ4v) is 3.25. The summed E-state index contributed by atoms with van der Waals surface area (Å²) in [6.45, 7) is 2.08. The largest absolute Gasteiger partial charge is 0.482 e. The third-order valence-corrected chi connectivity index (χ3v) is 4.25. The lowest BCUT2D eigenvalue weighted by atomic mass is 10.0. The van der Waals surface area contributed by atoms with Gasteiger partial charge in [-0.3, -0.25) is 4.79 Å². The zero-order chi connectivity index (χ0) is 15.0. The number of benzene rings is 2. The predicted octanol–water partition coefficient (Wildman–Crippen LogP) is 4.42. The second-order valence-electron chi connectivity index (χ2n) is 5.02. The summed E-state index contributed by atoms with van der Waals surface area (Å²) < 4.78 is 6.35. The van der Waals surface area contributed by atoms with Crippen LogP contribution in [0.1, 0.15) is 22.1 Å². The summed E-state index contributed by atoms with van der Waals surface area (Å²) in [6, 6.07) is 11.7. The maximum Gasteiger partial charge on any atom is 0.262 e. The molecule has 1 atom stereocenters. The number of ether oxygens (including phenoxy) is 1. The molecule has 0 aromatic heterocycles. The Balaban J connectivity index is 1.96. The smallest absolute Gasteiger partial charge is 0.262 e.